The number of hydrogen-bond acceptors (Lipinski definition) is 2. The van der Waals surface area contributed by atoms with E-state index in [0.29, 0.717) is 0 Å². The molecule has 1 aromatic heterocycles. The van der Waals surface area contributed by atoms with Gasteiger partial charge in [0.05, 0.1) is 0 Å². The van der Waals surface area contributed by atoms with Crippen molar-refractivity contribution in [3.8, 4) is 10.4 Å². The standard InChI is InChI=1S/C18H16BrNS/c1-13-11-15(19)7-9-17(13)20-12-16-8-10-18(21-16)14-5-3-2-4-6-14/h2-11,20H,12H2,1H3. The molecule has 0 fully saturated rings. The zero-order valence-corrected chi connectivity index (χ0v) is 14.2. The van der Waals surface area contributed by atoms with Gasteiger partial charge in [0.1, 0.15) is 0 Å². The van der Waals surface area contributed by atoms with E-state index in [1.807, 2.05) is 11.3 Å². The molecule has 0 spiro atoms. The highest BCUT2D eigenvalue weighted by atomic mass is 79.9. The topological polar surface area (TPSA) is 12.0 Å². The Labute approximate surface area is 137 Å². The van der Waals surface area contributed by atoms with Gasteiger partial charge in [0, 0.05) is 26.5 Å². The second-order valence-electron chi connectivity index (χ2n) is 4.94. The number of benzene rings is 2. The Bertz CT molecular complexity index is 734. The second kappa shape index (κ2) is 6.46. The maximum absolute atomic E-state index is 3.51. The Balaban J connectivity index is 1.70. The molecule has 1 heterocycles. The van der Waals surface area contributed by atoms with Crippen LogP contribution in [0.5, 0.6) is 0 Å². The summed E-state index contributed by atoms with van der Waals surface area (Å²) in [6.45, 7) is 2.98. The van der Waals surface area contributed by atoms with Crippen LogP contribution in [0.25, 0.3) is 10.4 Å². The summed E-state index contributed by atoms with van der Waals surface area (Å²) in [5.74, 6) is 0. The Hall–Kier alpha value is -1.58. The van der Waals surface area contributed by atoms with Crippen molar-refractivity contribution in [1.29, 1.82) is 0 Å². The summed E-state index contributed by atoms with van der Waals surface area (Å²) in [7, 11) is 0. The van der Waals surface area contributed by atoms with Gasteiger partial charge in [-0.05, 0) is 48.4 Å². The Morgan fingerprint density at radius 2 is 1.81 bits per heavy atom. The van der Waals surface area contributed by atoms with Crippen LogP contribution in [0.15, 0.2) is 65.1 Å². The van der Waals surface area contributed by atoms with Crippen LogP contribution >= 0.6 is 27.3 Å². The van der Waals surface area contributed by atoms with Gasteiger partial charge in [0.15, 0.2) is 0 Å². The molecule has 0 atom stereocenters. The van der Waals surface area contributed by atoms with E-state index in [1.54, 1.807) is 0 Å². The van der Waals surface area contributed by atoms with Gasteiger partial charge in [-0.2, -0.15) is 0 Å². The highest BCUT2D eigenvalue weighted by Crippen LogP contribution is 2.28. The maximum atomic E-state index is 3.51. The molecule has 106 valence electrons. The molecule has 1 nitrogen and oxygen atoms in total. The third-order valence-electron chi connectivity index (χ3n) is 3.36. The minimum atomic E-state index is 0.861. The lowest BCUT2D eigenvalue weighted by Crippen LogP contribution is -1.98. The van der Waals surface area contributed by atoms with Crippen LogP contribution in [0.3, 0.4) is 0 Å². The van der Waals surface area contributed by atoms with E-state index in [2.05, 4.69) is 88.8 Å². The lowest BCUT2D eigenvalue weighted by atomic mass is 10.2. The van der Waals surface area contributed by atoms with Crippen molar-refractivity contribution in [3.05, 3.63) is 75.6 Å². The van der Waals surface area contributed by atoms with E-state index in [4.69, 9.17) is 0 Å². The van der Waals surface area contributed by atoms with Crippen molar-refractivity contribution in [2.45, 2.75) is 13.5 Å². The summed E-state index contributed by atoms with van der Waals surface area (Å²) in [5, 5.41) is 3.51. The zero-order chi connectivity index (χ0) is 14.7. The van der Waals surface area contributed by atoms with Crippen molar-refractivity contribution < 1.29 is 0 Å². The predicted octanol–water partition coefficient (Wildman–Crippen LogP) is 6.10. The van der Waals surface area contributed by atoms with E-state index in [9.17, 15) is 0 Å². The van der Waals surface area contributed by atoms with E-state index in [-0.39, 0.29) is 0 Å². The van der Waals surface area contributed by atoms with Gasteiger partial charge < -0.3 is 5.32 Å². The van der Waals surface area contributed by atoms with Crippen molar-refractivity contribution >= 4 is 33.0 Å². The fourth-order valence-corrected chi connectivity index (χ4v) is 3.67. The molecule has 0 aliphatic carbocycles. The lowest BCUT2D eigenvalue weighted by molar-refractivity contribution is 1.18. The molecule has 3 rings (SSSR count). The van der Waals surface area contributed by atoms with Crippen LogP contribution in [-0.4, -0.2) is 0 Å². The van der Waals surface area contributed by atoms with Gasteiger partial charge in [0.25, 0.3) is 0 Å². The normalized spacial score (nSPS) is 10.6. The van der Waals surface area contributed by atoms with Gasteiger partial charge in [-0.3, -0.25) is 0 Å². The number of anilines is 1. The van der Waals surface area contributed by atoms with Crippen molar-refractivity contribution in [2.75, 3.05) is 5.32 Å². The average molecular weight is 358 g/mol. The number of halogens is 1. The Kier molecular flexibility index (Phi) is 4.42. The van der Waals surface area contributed by atoms with E-state index >= 15 is 0 Å². The summed E-state index contributed by atoms with van der Waals surface area (Å²) < 4.78 is 1.12. The SMILES string of the molecule is Cc1cc(Br)ccc1NCc1ccc(-c2ccccc2)s1. The van der Waals surface area contributed by atoms with Crippen molar-refractivity contribution in [2.24, 2.45) is 0 Å². The van der Waals surface area contributed by atoms with E-state index < -0.39 is 0 Å². The first kappa shape index (κ1) is 14.4. The van der Waals surface area contributed by atoms with Gasteiger partial charge in [-0.1, -0.05) is 46.3 Å². The third-order valence-corrected chi connectivity index (χ3v) is 4.99. The highest BCUT2D eigenvalue weighted by molar-refractivity contribution is 9.10. The molecule has 2 aromatic carbocycles. The number of aryl methyl sites for hydroxylation is 1. The van der Waals surface area contributed by atoms with Gasteiger partial charge in [-0.25, -0.2) is 0 Å². The third kappa shape index (κ3) is 3.55. The molecule has 0 amide bonds. The number of hydrogen-bond donors (Lipinski definition) is 1. The van der Waals surface area contributed by atoms with Crippen LogP contribution in [0.1, 0.15) is 10.4 Å². The molecule has 1 N–H and O–H groups in total. The van der Waals surface area contributed by atoms with Crippen LogP contribution in [0.4, 0.5) is 5.69 Å². The molecule has 0 unspecified atom stereocenters. The maximum Gasteiger partial charge on any atom is 0.0494 e. The minimum absolute atomic E-state index is 0.861. The van der Waals surface area contributed by atoms with Crippen LogP contribution in [-0.2, 0) is 6.54 Å². The predicted molar refractivity (Wildman–Crippen MR) is 96.0 cm³/mol. The van der Waals surface area contributed by atoms with Crippen LogP contribution in [0.2, 0.25) is 0 Å². The zero-order valence-electron chi connectivity index (χ0n) is 11.8. The largest absolute Gasteiger partial charge is 0.380 e. The highest BCUT2D eigenvalue weighted by Gasteiger charge is 2.03. The molecule has 0 saturated heterocycles. The van der Waals surface area contributed by atoms with Gasteiger partial charge in [-0.15, -0.1) is 11.3 Å². The molecule has 0 saturated carbocycles. The molecule has 0 aliphatic rings. The molecule has 3 heteroatoms. The summed E-state index contributed by atoms with van der Waals surface area (Å²) in [5.41, 5.74) is 3.73. The molecule has 0 radical (unpaired) electrons. The number of thiophene rings is 1. The molecule has 0 bridgehead atoms. The van der Waals surface area contributed by atoms with E-state index in [1.165, 1.54) is 26.6 Å². The van der Waals surface area contributed by atoms with Crippen molar-refractivity contribution in [1.82, 2.24) is 0 Å². The Morgan fingerprint density at radius 1 is 1.00 bits per heavy atom. The fraction of sp³-hybridized carbons (Fsp3) is 0.111. The summed E-state index contributed by atoms with van der Waals surface area (Å²) in [6.07, 6.45) is 0. The first-order valence-electron chi connectivity index (χ1n) is 6.86. The molecule has 3 aromatic rings. The molecular weight excluding hydrogens is 342 g/mol. The quantitative estimate of drug-likeness (QED) is 0.594. The average Bonchev–Trinajstić information content (AvgIpc) is 2.96. The van der Waals surface area contributed by atoms with Crippen molar-refractivity contribution in [3.63, 3.8) is 0 Å². The minimum Gasteiger partial charge on any atom is -0.380 e. The van der Waals surface area contributed by atoms with E-state index in [0.717, 1.165) is 11.0 Å². The fourth-order valence-electron chi connectivity index (χ4n) is 2.24. The molecule has 0 aliphatic heterocycles. The number of nitrogens with one attached hydrogen (secondary N) is 1. The Morgan fingerprint density at radius 3 is 2.57 bits per heavy atom. The summed E-state index contributed by atoms with van der Waals surface area (Å²) >= 11 is 5.34. The summed E-state index contributed by atoms with van der Waals surface area (Å²) in [6, 6.07) is 21.2. The first-order valence-corrected chi connectivity index (χ1v) is 8.47. The summed E-state index contributed by atoms with van der Waals surface area (Å²) in [4.78, 5) is 2.66. The number of rotatable bonds is 4. The second-order valence-corrected chi connectivity index (χ2v) is 7.03. The monoisotopic (exact) mass is 357 g/mol. The molecule has 21 heavy (non-hydrogen) atoms. The molecular formula is C18H16BrNS. The van der Waals surface area contributed by atoms with Gasteiger partial charge in [0.2, 0.25) is 0 Å². The smallest absolute Gasteiger partial charge is 0.0494 e. The first-order chi connectivity index (χ1) is 10.2. The van der Waals surface area contributed by atoms with Crippen LogP contribution < -0.4 is 5.32 Å². The van der Waals surface area contributed by atoms with Gasteiger partial charge >= 0.3 is 0 Å². The lowest BCUT2D eigenvalue weighted by Gasteiger charge is -2.08. The van der Waals surface area contributed by atoms with Crippen LogP contribution in [0, 0.1) is 6.92 Å².